The molecule has 0 aliphatic carbocycles. The molecule has 1 aromatic heterocycles. The highest BCUT2D eigenvalue weighted by atomic mass is 32.2. The summed E-state index contributed by atoms with van der Waals surface area (Å²) in [4.78, 5) is 24.8. The third-order valence-electron chi connectivity index (χ3n) is 5.69. The van der Waals surface area contributed by atoms with Gasteiger partial charge in [-0.2, -0.15) is 5.10 Å². The second-order valence-corrected chi connectivity index (χ2v) is 10.5. The number of benzene rings is 1. The SMILES string of the molecule is CC(CCn1cc2cc(C#CC#CC3CN(C(=O)CO)C3)ccc2n1)(C(=O)NO)S(C)(=O)=O. The first-order valence-corrected chi connectivity index (χ1v) is 12.0. The van der Waals surface area contributed by atoms with E-state index in [1.807, 2.05) is 6.07 Å². The van der Waals surface area contributed by atoms with Crippen molar-refractivity contribution in [3.05, 3.63) is 30.0 Å². The lowest BCUT2D eigenvalue weighted by Gasteiger charge is -2.35. The average Bonchev–Trinajstić information content (AvgIpc) is 3.16. The number of nitrogens with one attached hydrogen (secondary N) is 1. The Morgan fingerprint density at radius 1 is 1.30 bits per heavy atom. The molecule has 2 amide bonds. The number of aromatic nitrogens is 2. The van der Waals surface area contributed by atoms with Crippen LogP contribution in [0.5, 0.6) is 0 Å². The highest BCUT2D eigenvalue weighted by molar-refractivity contribution is 7.92. The summed E-state index contributed by atoms with van der Waals surface area (Å²) in [5, 5.41) is 22.9. The molecule has 1 unspecified atom stereocenters. The second-order valence-electron chi connectivity index (χ2n) is 8.03. The van der Waals surface area contributed by atoms with E-state index in [-0.39, 0.29) is 24.8 Å². The molecular weight excluding hydrogens is 448 g/mol. The summed E-state index contributed by atoms with van der Waals surface area (Å²) in [6, 6.07) is 5.40. The third kappa shape index (κ3) is 5.34. The highest BCUT2D eigenvalue weighted by Gasteiger charge is 2.43. The molecule has 10 nitrogen and oxygen atoms in total. The minimum absolute atomic E-state index is 0.0565. The number of carbonyl (C=O) groups excluding carboxylic acids is 2. The predicted molar refractivity (Wildman–Crippen MR) is 119 cm³/mol. The van der Waals surface area contributed by atoms with Crippen molar-refractivity contribution in [2.75, 3.05) is 26.0 Å². The van der Waals surface area contributed by atoms with E-state index in [1.165, 1.54) is 17.3 Å². The quantitative estimate of drug-likeness (QED) is 0.293. The van der Waals surface area contributed by atoms with Crippen LogP contribution in [0.2, 0.25) is 0 Å². The first-order chi connectivity index (χ1) is 15.6. The van der Waals surface area contributed by atoms with Crippen molar-refractivity contribution in [1.29, 1.82) is 0 Å². The van der Waals surface area contributed by atoms with E-state index < -0.39 is 27.1 Å². The number of aliphatic hydroxyl groups excluding tert-OH is 1. The summed E-state index contributed by atoms with van der Waals surface area (Å²) >= 11 is 0. The summed E-state index contributed by atoms with van der Waals surface area (Å²) < 4.78 is 23.9. The number of amides is 2. The average molecular weight is 473 g/mol. The summed E-state index contributed by atoms with van der Waals surface area (Å²) in [5.41, 5.74) is 2.84. The fourth-order valence-corrected chi connectivity index (χ4v) is 4.14. The van der Waals surface area contributed by atoms with Gasteiger partial charge in [0.2, 0.25) is 5.91 Å². The van der Waals surface area contributed by atoms with E-state index in [2.05, 4.69) is 28.8 Å². The molecule has 3 N–H and O–H groups in total. The van der Waals surface area contributed by atoms with Crippen LogP contribution in [0.25, 0.3) is 10.9 Å². The minimum Gasteiger partial charge on any atom is -0.387 e. The van der Waals surface area contributed by atoms with Gasteiger partial charge in [-0.3, -0.25) is 19.5 Å². The monoisotopic (exact) mass is 472 g/mol. The molecule has 0 radical (unpaired) electrons. The zero-order valence-electron chi connectivity index (χ0n) is 18.2. The Hall–Kier alpha value is -3.38. The minimum atomic E-state index is -3.78. The van der Waals surface area contributed by atoms with Crippen molar-refractivity contribution < 1.29 is 28.3 Å². The smallest absolute Gasteiger partial charge is 0.264 e. The van der Waals surface area contributed by atoms with Gasteiger partial charge in [-0.15, -0.1) is 0 Å². The molecule has 33 heavy (non-hydrogen) atoms. The maximum absolute atomic E-state index is 12.1. The number of sulfone groups is 1. The molecule has 174 valence electrons. The van der Waals surface area contributed by atoms with Crippen LogP contribution in [0.1, 0.15) is 18.9 Å². The number of likely N-dealkylation sites (tertiary alicyclic amines) is 1. The van der Waals surface area contributed by atoms with Gasteiger partial charge in [-0.05, 0) is 43.4 Å². The zero-order chi connectivity index (χ0) is 24.2. The predicted octanol–water partition coefficient (Wildman–Crippen LogP) is -0.459. The van der Waals surface area contributed by atoms with E-state index in [9.17, 15) is 18.0 Å². The molecule has 1 aromatic carbocycles. The molecule has 11 heteroatoms. The van der Waals surface area contributed by atoms with Gasteiger partial charge >= 0.3 is 0 Å². The van der Waals surface area contributed by atoms with Crippen molar-refractivity contribution in [2.24, 2.45) is 5.92 Å². The van der Waals surface area contributed by atoms with E-state index in [0.29, 0.717) is 18.6 Å². The molecule has 0 bridgehead atoms. The fraction of sp³-hybridized carbons (Fsp3) is 0.409. The summed E-state index contributed by atoms with van der Waals surface area (Å²) in [6.07, 6.45) is 2.61. The van der Waals surface area contributed by atoms with E-state index in [1.54, 1.807) is 23.0 Å². The first kappa shape index (κ1) is 24.3. The molecule has 2 heterocycles. The number of aliphatic hydroxyl groups is 1. The number of aryl methyl sites for hydroxylation is 1. The summed E-state index contributed by atoms with van der Waals surface area (Å²) in [7, 11) is -3.78. The molecule has 1 aliphatic rings. The Balaban J connectivity index is 1.66. The molecular formula is C22H24N4O6S. The van der Waals surface area contributed by atoms with Crippen molar-refractivity contribution in [1.82, 2.24) is 20.2 Å². The second kappa shape index (κ2) is 9.63. The Morgan fingerprint density at radius 3 is 2.67 bits per heavy atom. The summed E-state index contributed by atoms with van der Waals surface area (Å²) in [5.74, 6) is 10.3. The zero-order valence-corrected chi connectivity index (χ0v) is 19.0. The Labute approximate surface area is 191 Å². The van der Waals surface area contributed by atoms with Crippen LogP contribution < -0.4 is 5.48 Å². The van der Waals surface area contributed by atoms with Gasteiger partial charge in [0.15, 0.2) is 14.6 Å². The molecule has 1 fully saturated rings. The number of hydroxylamine groups is 1. The molecule has 1 atom stereocenters. The Kier molecular flexibility index (Phi) is 7.08. The van der Waals surface area contributed by atoms with E-state index >= 15 is 0 Å². The molecule has 3 rings (SSSR count). The fourth-order valence-electron chi connectivity index (χ4n) is 3.30. The van der Waals surface area contributed by atoms with Crippen LogP contribution in [-0.4, -0.2) is 75.9 Å². The number of carbonyl (C=O) groups is 2. The lowest BCUT2D eigenvalue weighted by molar-refractivity contribution is -0.139. The van der Waals surface area contributed by atoms with Gasteiger partial charge in [0, 0.05) is 43.0 Å². The van der Waals surface area contributed by atoms with E-state index in [4.69, 9.17) is 10.3 Å². The summed E-state index contributed by atoms with van der Waals surface area (Å²) in [6.45, 7) is 1.91. The van der Waals surface area contributed by atoms with Crippen LogP contribution in [0.4, 0.5) is 0 Å². The van der Waals surface area contributed by atoms with Crippen molar-refractivity contribution in [3.63, 3.8) is 0 Å². The number of hydrogen-bond donors (Lipinski definition) is 3. The lowest BCUT2D eigenvalue weighted by Crippen LogP contribution is -2.50. The Morgan fingerprint density at radius 2 is 2.03 bits per heavy atom. The van der Waals surface area contributed by atoms with Gasteiger partial charge in [-0.25, -0.2) is 13.9 Å². The highest BCUT2D eigenvalue weighted by Crippen LogP contribution is 2.23. The maximum atomic E-state index is 12.1. The van der Waals surface area contributed by atoms with Crippen LogP contribution >= 0.6 is 0 Å². The van der Waals surface area contributed by atoms with Crippen molar-refractivity contribution >= 4 is 32.6 Å². The van der Waals surface area contributed by atoms with Gasteiger partial charge in [0.05, 0.1) is 11.4 Å². The topological polar surface area (TPSA) is 142 Å². The standard InChI is InChI=1S/C22H24N4O6S/c1-22(21(29)24-30,33(2,31)32)9-10-26-14-18-11-16(7-8-19(18)23-26)5-3-4-6-17-12-25(13-17)20(28)15-27/h7-8,11,14,17,27,30H,9-10,12-13,15H2,1-2H3,(H,24,29). The van der Waals surface area contributed by atoms with Crippen molar-refractivity contribution in [3.8, 4) is 23.7 Å². The van der Waals surface area contributed by atoms with Crippen LogP contribution in [0.3, 0.4) is 0 Å². The number of rotatable bonds is 6. The van der Waals surface area contributed by atoms with E-state index in [0.717, 1.165) is 17.2 Å². The molecule has 2 aromatic rings. The van der Waals surface area contributed by atoms with Gasteiger partial charge in [-0.1, -0.05) is 11.8 Å². The van der Waals surface area contributed by atoms with Crippen LogP contribution in [0.15, 0.2) is 24.4 Å². The lowest BCUT2D eigenvalue weighted by atomic mass is 10.0. The van der Waals surface area contributed by atoms with Crippen molar-refractivity contribution in [2.45, 2.75) is 24.6 Å². The van der Waals surface area contributed by atoms with Gasteiger partial charge in [0.25, 0.3) is 5.91 Å². The van der Waals surface area contributed by atoms with Crippen LogP contribution in [-0.2, 0) is 26.0 Å². The molecule has 1 aliphatic heterocycles. The molecule has 0 saturated carbocycles. The molecule has 1 saturated heterocycles. The number of hydrogen-bond acceptors (Lipinski definition) is 7. The largest absolute Gasteiger partial charge is 0.387 e. The van der Waals surface area contributed by atoms with Gasteiger partial charge < -0.3 is 10.0 Å². The first-order valence-electron chi connectivity index (χ1n) is 10.1. The van der Waals surface area contributed by atoms with Crippen LogP contribution in [0, 0.1) is 29.6 Å². The maximum Gasteiger partial charge on any atom is 0.264 e. The Bertz CT molecular complexity index is 1310. The number of nitrogens with zero attached hydrogens (tertiary/aromatic N) is 3. The number of fused-ring (bicyclic) bond motifs is 1. The normalized spacial score (nSPS) is 15.5. The molecule has 0 spiro atoms. The third-order valence-corrected chi connectivity index (χ3v) is 7.71. The van der Waals surface area contributed by atoms with Gasteiger partial charge in [0.1, 0.15) is 6.61 Å².